The van der Waals surface area contributed by atoms with Crippen LogP contribution in [0.15, 0.2) is 0 Å². The first-order chi connectivity index (χ1) is 6.00. The Morgan fingerprint density at radius 2 is 2.08 bits per heavy atom. The standard InChI is InChI=1S/C10H19NO2/c1-5-8(10(12)13)11-7(4)9(11)6(2)3/h6-9H,5H2,1-4H3,(H,12,13)/p-1. The van der Waals surface area contributed by atoms with Crippen LogP contribution in [0.2, 0.25) is 0 Å². The molecule has 0 aromatic rings. The van der Waals surface area contributed by atoms with Crippen LogP contribution < -0.4 is 5.11 Å². The van der Waals surface area contributed by atoms with Crippen molar-refractivity contribution in [1.29, 1.82) is 0 Å². The van der Waals surface area contributed by atoms with E-state index in [9.17, 15) is 9.90 Å². The molecule has 4 atom stereocenters. The first-order valence-corrected chi connectivity index (χ1v) is 4.99. The molecule has 0 bridgehead atoms. The molecule has 13 heavy (non-hydrogen) atoms. The first-order valence-electron chi connectivity index (χ1n) is 4.99. The van der Waals surface area contributed by atoms with E-state index >= 15 is 0 Å². The van der Waals surface area contributed by atoms with Gasteiger partial charge in [0, 0.05) is 18.1 Å². The number of nitrogens with zero attached hydrogens (tertiary/aromatic N) is 1. The molecule has 0 aromatic heterocycles. The molecule has 1 aliphatic heterocycles. The van der Waals surface area contributed by atoms with Crippen molar-refractivity contribution in [1.82, 2.24) is 4.90 Å². The van der Waals surface area contributed by atoms with Gasteiger partial charge in [-0.25, -0.2) is 0 Å². The molecule has 1 aliphatic rings. The third-order valence-corrected chi connectivity index (χ3v) is 2.92. The fourth-order valence-electron chi connectivity index (χ4n) is 2.29. The molecule has 4 unspecified atom stereocenters. The minimum absolute atomic E-state index is 0.387. The lowest BCUT2D eigenvalue weighted by Crippen LogP contribution is -2.41. The predicted molar refractivity (Wildman–Crippen MR) is 49.0 cm³/mol. The summed E-state index contributed by atoms with van der Waals surface area (Å²) in [4.78, 5) is 12.8. The highest BCUT2D eigenvalue weighted by atomic mass is 16.4. The van der Waals surface area contributed by atoms with Gasteiger partial charge >= 0.3 is 0 Å². The molecule has 0 spiro atoms. The minimum Gasteiger partial charge on any atom is -0.548 e. The second kappa shape index (κ2) is 3.66. The van der Waals surface area contributed by atoms with Crippen LogP contribution in [0.5, 0.6) is 0 Å². The van der Waals surface area contributed by atoms with Crippen LogP contribution >= 0.6 is 0 Å². The summed E-state index contributed by atoms with van der Waals surface area (Å²) in [6.45, 7) is 8.23. The fourth-order valence-corrected chi connectivity index (χ4v) is 2.29. The summed E-state index contributed by atoms with van der Waals surface area (Å²) in [7, 11) is 0. The number of hydrogen-bond acceptors (Lipinski definition) is 3. The maximum atomic E-state index is 10.8. The Morgan fingerprint density at radius 1 is 1.54 bits per heavy atom. The number of carboxylic acid groups (broad SMARTS) is 1. The van der Waals surface area contributed by atoms with E-state index in [1.807, 2.05) is 11.8 Å². The Morgan fingerprint density at radius 3 is 2.31 bits per heavy atom. The van der Waals surface area contributed by atoms with Gasteiger partial charge in [0.2, 0.25) is 0 Å². The molecule has 0 aliphatic carbocycles. The SMILES string of the molecule is CCC(C(=O)[O-])N1C(C)C1C(C)C. The molecule has 0 aromatic carbocycles. The summed E-state index contributed by atoms with van der Waals surface area (Å²) in [5, 5.41) is 10.8. The Balaban J connectivity index is 2.59. The summed E-state index contributed by atoms with van der Waals surface area (Å²) in [5.74, 6) is -0.402. The molecular formula is C10H18NO2-. The number of carboxylic acids is 1. The first kappa shape index (κ1) is 10.5. The monoisotopic (exact) mass is 184 g/mol. The lowest BCUT2D eigenvalue weighted by Gasteiger charge is -2.19. The number of hydrogen-bond donors (Lipinski definition) is 0. The van der Waals surface area contributed by atoms with Crippen molar-refractivity contribution in [2.75, 3.05) is 0 Å². The number of carbonyl (C=O) groups excluding carboxylic acids is 1. The van der Waals surface area contributed by atoms with Gasteiger partial charge in [0.05, 0.1) is 5.97 Å². The zero-order valence-electron chi connectivity index (χ0n) is 8.78. The van der Waals surface area contributed by atoms with Crippen molar-refractivity contribution in [3.05, 3.63) is 0 Å². The summed E-state index contributed by atoms with van der Waals surface area (Å²) < 4.78 is 0. The maximum Gasteiger partial charge on any atom is 0.0586 e. The zero-order chi connectivity index (χ0) is 10.2. The lowest BCUT2D eigenvalue weighted by atomic mass is 10.1. The average Bonchev–Trinajstić information content (AvgIpc) is 2.63. The normalized spacial score (nSPS) is 34.7. The minimum atomic E-state index is -0.933. The van der Waals surface area contributed by atoms with Gasteiger partial charge in [-0.15, -0.1) is 0 Å². The second-order valence-corrected chi connectivity index (χ2v) is 4.17. The van der Waals surface area contributed by atoms with Crippen molar-refractivity contribution in [3.8, 4) is 0 Å². The third-order valence-electron chi connectivity index (χ3n) is 2.92. The number of aliphatic carboxylic acids is 1. The largest absolute Gasteiger partial charge is 0.548 e. The van der Waals surface area contributed by atoms with Gasteiger partial charge in [-0.05, 0) is 19.3 Å². The fraction of sp³-hybridized carbons (Fsp3) is 0.900. The van der Waals surface area contributed by atoms with E-state index in [1.165, 1.54) is 0 Å². The average molecular weight is 184 g/mol. The van der Waals surface area contributed by atoms with Crippen LogP contribution in [0.3, 0.4) is 0 Å². The Labute approximate surface area is 79.7 Å². The van der Waals surface area contributed by atoms with Gasteiger partial charge in [0.25, 0.3) is 0 Å². The highest BCUT2D eigenvalue weighted by molar-refractivity contribution is 5.71. The van der Waals surface area contributed by atoms with Crippen LogP contribution in [0, 0.1) is 5.92 Å². The summed E-state index contributed by atoms with van der Waals surface area (Å²) in [6, 6.07) is 0.452. The van der Waals surface area contributed by atoms with Crippen molar-refractivity contribution < 1.29 is 9.90 Å². The molecule has 0 amide bonds. The van der Waals surface area contributed by atoms with Gasteiger partial charge in [-0.1, -0.05) is 20.8 Å². The molecule has 0 N–H and O–H groups in total. The molecule has 3 heteroatoms. The number of rotatable bonds is 4. The molecule has 3 nitrogen and oxygen atoms in total. The van der Waals surface area contributed by atoms with E-state index in [4.69, 9.17) is 0 Å². The highest BCUT2D eigenvalue weighted by Gasteiger charge is 2.49. The Hall–Kier alpha value is -0.570. The van der Waals surface area contributed by atoms with Gasteiger partial charge in [0.15, 0.2) is 0 Å². The van der Waals surface area contributed by atoms with E-state index in [1.54, 1.807) is 0 Å². The van der Waals surface area contributed by atoms with Crippen molar-refractivity contribution in [2.24, 2.45) is 5.92 Å². The van der Waals surface area contributed by atoms with Gasteiger partial charge in [-0.3, -0.25) is 4.90 Å². The zero-order valence-corrected chi connectivity index (χ0v) is 8.78. The molecule has 0 saturated carbocycles. The molecule has 0 radical (unpaired) electrons. The van der Waals surface area contributed by atoms with Gasteiger partial charge < -0.3 is 9.90 Å². The van der Waals surface area contributed by atoms with E-state index in [-0.39, 0.29) is 6.04 Å². The van der Waals surface area contributed by atoms with Crippen LogP contribution in [0.4, 0.5) is 0 Å². The highest BCUT2D eigenvalue weighted by Crippen LogP contribution is 2.36. The van der Waals surface area contributed by atoms with Crippen LogP contribution in [0.1, 0.15) is 34.1 Å². The summed E-state index contributed by atoms with van der Waals surface area (Å²) in [6.07, 6.45) is 0.635. The van der Waals surface area contributed by atoms with E-state index in [2.05, 4.69) is 20.8 Å². The summed E-state index contributed by atoms with van der Waals surface area (Å²) in [5.41, 5.74) is 0. The third kappa shape index (κ3) is 1.85. The Bertz CT molecular complexity index is 203. The molecule has 1 fully saturated rings. The van der Waals surface area contributed by atoms with Crippen molar-refractivity contribution in [2.45, 2.75) is 52.2 Å². The quantitative estimate of drug-likeness (QED) is 0.588. The van der Waals surface area contributed by atoms with Crippen LogP contribution in [-0.4, -0.2) is 29.0 Å². The van der Waals surface area contributed by atoms with Crippen molar-refractivity contribution >= 4 is 5.97 Å². The smallest absolute Gasteiger partial charge is 0.0586 e. The van der Waals surface area contributed by atoms with Crippen LogP contribution in [-0.2, 0) is 4.79 Å². The van der Waals surface area contributed by atoms with Gasteiger partial charge in [-0.2, -0.15) is 0 Å². The van der Waals surface area contributed by atoms with Crippen LogP contribution in [0.25, 0.3) is 0 Å². The van der Waals surface area contributed by atoms with Gasteiger partial charge in [0.1, 0.15) is 0 Å². The van der Waals surface area contributed by atoms with E-state index in [0.717, 1.165) is 0 Å². The molecule has 76 valence electrons. The molecule has 1 heterocycles. The predicted octanol–water partition coefficient (Wildman–Crippen LogP) is 0.244. The second-order valence-electron chi connectivity index (χ2n) is 4.17. The summed E-state index contributed by atoms with van der Waals surface area (Å²) >= 11 is 0. The number of carbonyl (C=O) groups is 1. The van der Waals surface area contributed by atoms with E-state index < -0.39 is 5.97 Å². The molecular weight excluding hydrogens is 166 g/mol. The maximum absolute atomic E-state index is 10.8. The Kier molecular flexibility index (Phi) is 2.96. The lowest BCUT2D eigenvalue weighted by molar-refractivity contribution is -0.310. The molecule has 1 saturated heterocycles. The van der Waals surface area contributed by atoms with E-state index in [0.29, 0.717) is 24.4 Å². The van der Waals surface area contributed by atoms with Crippen molar-refractivity contribution in [3.63, 3.8) is 0 Å². The molecule has 1 rings (SSSR count). The topological polar surface area (TPSA) is 43.1 Å².